The number of carboxylic acids is 1. The van der Waals surface area contributed by atoms with Crippen LogP contribution in [0.3, 0.4) is 0 Å². The molecule has 0 radical (unpaired) electrons. The van der Waals surface area contributed by atoms with Crippen LogP contribution in [-0.2, 0) is 10.0 Å². The summed E-state index contributed by atoms with van der Waals surface area (Å²) in [6.45, 7) is 6.16. The predicted octanol–water partition coefficient (Wildman–Crippen LogP) is 1.54. The van der Waals surface area contributed by atoms with Crippen molar-refractivity contribution in [1.82, 2.24) is 4.72 Å². The van der Waals surface area contributed by atoms with Crippen LogP contribution in [0.4, 0.5) is 5.69 Å². The van der Waals surface area contributed by atoms with Gasteiger partial charge in [0.15, 0.2) is 0 Å². The highest BCUT2D eigenvalue weighted by molar-refractivity contribution is 7.89. The molecule has 0 aliphatic heterocycles. The fraction of sp³-hybridized carbons (Fsp3) is 0.462. The Morgan fingerprint density at radius 2 is 1.95 bits per heavy atom. The summed E-state index contributed by atoms with van der Waals surface area (Å²) in [4.78, 5) is 10.9. The van der Waals surface area contributed by atoms with Gasteiger partial charge in [0.05, 0.1) is 10.5 Å². The van der Waals surface area contributed by atoms with Crippen LogP contribution in [0.2, 0.25) is 0 Å². The van der Waals surface area contributed by atoms with Crippen LogP contribution >= 0.6 is 0 Å². The van der Waals surface area contributed by atoms with E-state index in [1.165, 1.54) is 12.1 Å². The van der Waals surface area contributed by atoms with Crippen molar-refractivity contribution in [3.63, 3.8) is 0 Å². The molecule has 4 N–H and O–H groups in total. The van der Waals surface area contributed by atoms with E-state index in [1.54, 1.807) is 0 Å². The summed E-state index contributed by atoms with van der Waals surface area (Å²) in [5.41, 5.74) is 5.37. The van der Waals surface area contributed by atoms with Gasteiger partial charge in [0.1, 0.15) is 0 Å². The maximum absolute atomic E-state index is 12.2. The summed E-state index contributed by atoms with van der Waals surface area (Å²) in [6, 6.07) is 3.72. The van der Waals surface area contributed by atoms with Crippen molar-refractivity contribution < 1.29 is 18.3 Å². The van der Waals surface area contributed by atoms with E-state index in [-0.39, 0.29) is 28.6 Å². The molecular formula is C13H20N2O4S. The van der Waals surface area contributed by atoms with Gasteiger partial charge in [-0.1, -0.05) is 20.8 Å². The smallest absolute Gasteiger partial charge is 0.337 e. The molecule has 1 unspecified atom stereocenters. The number of sulfonamides is 1. The zero-order valence-corrected chi connectivity index (χ0v) is 12.6. The van der Waals surface area contributed by atoms with Gasteiger partial charge in [0, 0.05) is 12.2 Å². The number of rotatable bonds is 6. The second-order valence-corrected chi connectivity index (χ2v) is 6.87. The molecule has 1 aromatic carbocycles. The molecule has 20 heavy (non-hydrogen) atoms. The molecule has 0 amide bonds. The number of carbonyl (C=O) groups is 1. The topological polar surface area (TPSA) is 109 Å². The average Bonchev–Trinajstić information content (AvgIpc) is 2.35. The lowest BCUT2D eigenvalue weighted by molar-refractivity contribution is 0.0692. The highest BCUT2D eigenvalue weighted by Gasteiger charge is 2.23. The van der Waals surface area contributed by atoms with Crippen molar-refractivity contribution in [2.24, 2.45) is 11.8 Å². The highest BCUT2D eigenvalue weighted by Crippen LogP contribution is 2.19. The van der Waals surface area contributed by atoms with Crippen LogP contribution in [0.25, 0.3) is 0 Å². The van der Waals surface area contributed by atoms with Gasteiger partial charge >= 0.3 is 5.97 Å². The second kappa shape index (κ2) is 6.23. The molecule has 1 atom stereocenters. The number of carboxylic acid groups (broad SMARTS) is 1. The summed E-state index contributed by atoms with van der Waals surface area (Å²) in [7, 11) is -3.87. The Balaban J connectivity index is 3.07. The molecule has 0 aliphatic carbocycles. The van der Waals surface area contributed by atoms with Crippen LogP contribution in [0.15, 0.2) is 23.1 Å². The monoisotopic (exact) mass is 300 g/mol. The first kappa shape index (κ1) is 16.5. The lowest BCUT2D eigenvalue weighted by atomic mass is 9.99. The van der Waals surface area contributed by atoms with Crippen LogP contribution in [0.5, 0.6) is 0 Å². The maximum atomic E-state index is 12.2. The van der Waals surface area contributed by atoms with Gasteiger partial charge in [-0.2, -0.15) is 0 Å². The van der Waals surface area contributed by atoms with Crippen molar-refractivity contribution in [1.29, 1.82) is 0 Å². The number of anilines is 1. The SMILES string of the molecule is CC(C)C(C)CNS(=O)(=O)c1ccc(N)cc1C(=O)O. The minimum Gasteiger partial charge on any atom is -0.478 e. The summed E-state index contributed by atoms with van der Waals surface area (Å²) >= 11 is 0. The van der Waals surface area contributed by atoms with E-state index < -0.39 is 16.0 Å². The maximum Gasteiger partial charge on any atom is 0.337 e. The van der Waals surface area contributed by atoms with Crippen molar-refractivity contribution in [3.05, 3.63) is 23.8 Å². The van der Waals surface area contributed by atoms with Crippen molar-refractivity contribution >= 4 is 21.7 Å². The zero-order valence-electron chi connectivity index (χ0n) is 11.8. The molecule has 0 spiro atoms. The van der Waals surface area contributed by atoms with E-state index in [0.717, 1.165) is 6.07 Å². The van der Waals surface area contributed by atoms with E-state index in [0.29, 0.717) is 5.92 Å². The minimum atomic E-state index is -3.87. The van der Waals surface area contributed by atoms with E-state index >= 15 is 0 Å². The molecular weight excluding hydrogens is 280 g/mol. The lowest BCUT2D eigenvalue weighted by Gasteiger charge is -2.17. The number of nitrogens with two attached hydrogens (primary N) is 1. The largest absolute Gasteiger partial charge is 0.478 e. The quantitative estimate of drug-likeness (QED) is 0.690. The molecule has 0 bridgehead atoms. The molecule has 1 aromatic rings. The van der Waals surface area contributed by atoms with Crippen LogP contribution in [0.1, 0.15) is 31.1 Å². The molecule has 0 fully saturated rings. The first-order chi connectivity index (χ1) is 9.15. The van der Waals surface area contributed by atoms with E-state index in [9.17, 15) is 13.2 Å². The zero-order chi connectivity index (χ0) is 15.5. The molecule has 1 rings (SSSR count). The fourth-order valence-electron chi connectivity index (χ4n) is 1.50. The number of nitrogens with one attached hydrogen (secondary N) is 1. The van der Waals surface area contributed by atoms with Gasteiger partial charge in [-0.05, 0) is 30.0 Å². The Labute approximate surface area is 119 Å². The summed E-state index contributed by atoms with van der Waals surface area (Å²) in [5, 5.41) is 9.07. The molecule has 112 valence electrons. The first-order valence-electron chi connectivity index (χ1n) is 6.27. The third-order valence-corrected chi connectivity index (χ3v) is 4.74. The minimum absolute atomic E-state index is 0.145. The Hall–Kier alpha value is -1.60. The number of nitrogen functional groups attached to an aromatic ring is 1. The predicted molar refractivity (Wildman–Crippen MR) is 77.0 cm³/mol. The molecule has 0 saturated heterocycles. The number of benzene rings is 1. The van der Waals surface area contributed by atoms with Gasteiger partial charge in [-0.3, -0.25) is 0 Å². The first-order valence-corrected chi connectivity index (χ1v) is 7.76. The molecule has 0 heterocycles. The Kier molecular flexibility index (Phi) is 5.13. The summed E-state index contributed by atoms with van der Waals surface area (Å²) < 4.78 is 26.8. The van der Waals surface area contributed by atoms with E-state index in [2.05, 4.69) is 4.72 Å². The second-order valence-electron chi connectivity index (χ2n) is 5.13. The molecule has 0 aromatic heterocycles. The van der Waals surface area contributed by atoms with Crippen LogP contribution < -0.4 is 10.5 Å². The van der Waals surface area contributed by atoms with E-state index in [1.807, 2.05) is 20.8 Å². The molecule has 0 aliphatic rings. The number of hydrogen-bond donors (Lipinski definition) is 3. The molecule has 6 nitrogen and oxygen atoms in total. The average molecular weight is 300 g/mol. The third-order valence-electron chi connectivity index (χ3n) is 3.26. The van der Waals surface area contributed by atoms with Crippen LogP contribution in [0, 0.1) is 11.8 Å². The van der Waals surface area contributed by atoms with Gasteiger partial charge in [0.2, 0.25) is 10.0 Å². The number of aromatic carboxylic acids is 1. The Bertz CT molecular complexity index is 596. The van der Waals surface area contributed by atoms with Crippen molar-refractivity contribution in [3.8, 4) is 0 Å². The normalized spacial score (nSPS) is 13.4. The fourth-order valence-corrected chi connectivity index (χ4v) is 2.82. The van der Waals surface area contributed by atoms with Crippen molar-refractivity contribution in [2.75, 3.05) is 12.3 Å². The summed E-state index contributed by atoms with van der Waals surface area (Å²) in [5.74, 6) is -0.857. The Morgan fingerprint density at radius 3 is 2.45 bits per heavy atom. The molecule has 7 heteroatoms. The van der Waals surface area contributed by atoms with Gasteiger partial charge in [0.25, 0.3) is 0 Å². The van der Waals surface area contributed by atoms with E-state index in [4.69, 9.17) is 10.8 Å². The highest BCUT2D eigenvalue weighted by atomic mass is 32.2. The van der Waals surface area contributed by atoms with Crippen molar-refractivity contribution in [2.45, 2.75) is 25.7 Å². The Morgan fingerprint density at radius 1 is 1.35 bits per heavy atom. The van der Waals surface area contributed by atoms with Gasteiger partial charge < -0.3 is 10.8 Å². The van der Waals surface area contributed by atoms with Gasteiger partial charge in [-0.25, -0.2) is 17.9 Å². The van der Waals surface area contributed by atoms with Crippen LogP contribution in [-0.4, -0.2) is 26.0 Å². The third kappa shape index (κ3) is 3.94. The summed E-state index contributed by atoms with van der Waals surface area (Å²) in [6.07, 6.45) is 0. The molecule has 0 saturated carbocycles. The van der Waals surface area contributed by atoms with Gasteiger partial charge in [-0.15, -0.1) is 0 Å². The standard InChI is InChI=1S/C13H20N2O4S/c1-8(2)9(3)7-15-20(18,19)12-5-4-10(14)6-11(12)13(16)17/h4-6,8-9,15H,7,14H2,1-3H3,(H,16,17). The lowest BCUT2D eigenvalue weighted by Crippen LogP contribution is -2.31. The number of hydrogen-bond acceptors (Lipinski definition) is 4.